The van der Waals surface area contributed by atoms with Crippen molar-refractivity contribution >= 4 is 10.0 Å². The second-order valence-corrected chi connectivity index (χ2v) is 5.97. The van der Waals surface area contributed by atoms with Gasteiger partial charge in [-0.2, -0.15) is 0 Å². The van der Waals surface area contributed by atoms with Gasteiger partial charge in [-0.3, -0.25) is 0 Å². The summed E-state index contributed by atoms with van der Waals surface area (Å²) in [7, 11) is -4.53. The molecule has 0 spiro atoms. The minimum Gasteiger partial charge on any atom is -0.394 e. The lowest BCUT2D eigenvalue weighted by molar-refractivity contribution is 0.208. The molecule has 0 aliphatic rings. The number of hydrogen-bond acceptors (Lipinski definition) is 3. The van der Waals surface area contributed by atoms with Gasteiger partial charge in [0.25, 0.3) is 0 Å². The zero-order valence-corrected chi connectivity index (χ0v) is 10.5. The van der Waals surface area contributed by atoms with E-state index >= 15 is 0 Å². The van der Waals surface area contributed by atoms with Crippen molar-refractivity contribution in [2.75, 3.05) is 6.61 Å². The van der Waals surface area contributed by atoms with Crippen LogP contribution in [0.25, 0.3) is 0 Å². The summed E-state index contributed by atoms with van der Waals surface area (Å²) in [6.07, 6.45) is 0. The van der Waals surface area contributed by atoms with E-state index in [4.69, 9.17) is 5.11 Å². The number of aliphatic hydroxyl groups is 1. The van der Waals surface area contributed by atoms with Crippen molar-refractivity contribution < 1.29 is 26.7 Å². The third kappa shape index (κ3) is 3.21. The molecule has 1 aromatic carbocycles. The van der Waals surface area contributed by atoms with Crippen molar-refractivity contribution in [3.8, 4) is 0 Å². The molecule has 0 unspecified atom stereocenters. The van der Waals surface area contributed by atoms with Gasteiger partial charge in [-0.05, 0) is 13.8 Å². The van der Waals surface area contributed by atoms with Crippen molar-refractivity contribution in [1.29, 1.82) is 0 Å². The van der Waals surface area contributed by atoms with Crippen molar-refractivity contribution in [3.05, 3.63) is 29.6 Å². The van der Waals surface area contributed by atoms with Gasteiger partial charge in [-0.15, -0.1) is 0 Å². The van der Waals surface area contributed by atoms with Crippen molar-refractivity contribution in [2.45, 2.75) is 24.3 Å². The predicted molar refractivity (Wildman–Crippen MR) is 57.8 cm³/mol. The first-order valence-corrected chi connectivity index (χ1v) is 6.37. The third-order valence-corrected chi connectivity index (χ3v) is 3.79. The van der Waals surface area contributed by atoms with Gasteiger partial charge < -0.3 is 5.11 Å². The molecule has 0 saturated heterocycles. The zero-order chi connectivity index (χ0) is 14.1. The molecular formula is C10H12F3NO3S. The van der Waals surface area contributed by atoms with E-state index in [1.54, 1.807) is 0 Å². The average Bonchev–Trinajstić information content (AvgIpc) is 2.13. The van der Waals surface area contributed by atoms with Gasteiger partial charge >= 0.3 is 0 Å². The summed E-state index contributed by atoms with van der Waals surface area (Å²) in [5.74, 6) is -4.28. The predicted octanol–water partition coefficient (Wildman–Crippen LogP) is 1.15. The molecule has 0 atom stereocenters. The van der Waals surface area contributed by atoms with Crippen molar-refractivity contribution in [3.63, 3.8) is 0 Å². The van der Waals surface area contributed by atoms with Crippen LogP contribution in [0.2, 0.25) is 0 Å². The van der Waals surface area contributed by atoms with Crippen LogP contribution in [0, 0.1) is 17.5 Å². The van der Waals surface area contributed by atoms with E-state index in [0.29, 0.717) is 0 Å². The molecule has 0 bridgehead atoms. The third-order valence-electron chi connectivity index (χ3n) is 2.04. The van der Waals surface area contributed by atoms with E-state index in [0.717, 1.165) is 0 Å². The van der Waals surface area contributed by atoms with E-state index < -0.39 is 44.5 Å². The van der Waals surface area contributed by atoms with Gasteiger partial charge in [0.05, 0.1) is 12.1 Å². The SMILES string of the molecule is CC(C)(CO)NS(=O)(=O)c1c(F)cc(F)cc1F. The summed E-state index contributed by atoms with van der Waals surface area (Å²) in [6.45, 7) is 2.07. The largest absolute Gasteiger partial charge is 0.394 e. The van der Waals surface area contributed by atoms with Gasteiger partial charge in [0.2, 0.25) is 10.0 Å². The average molecular weight is 283 g/mol. The Morgan fingerprint density at radius 3 is 2.06 bits per heavy atom. The number of aliphatic hydroxyl groups excluding tert-OH is 1. The molecule has 0 aromatic heterocycles. The molecule has 8 heteroatoms. The van der Waals surface area contributed by atoms with Crippen LogP contribution in [0.3, 0.4) is 0 Å². The smallest absolute Gasteiger partial charge is 0.246 e. The van der Waals surface area contributed by atoms with Crippen molar-refractivity contribution in [1.82, 2.24) is 4.72 Å². The molecule has 102 valence electrons. The molecular weight excluding hydrogens is 271 g/mol. The molecule has 4 nitrogen and oxygen atoms in total. The standard InChI is InChI=1S/C10H12F3NO3S/c1-10(2,5-15)14-18(16,17)9-7(12)3-6(11)4-8(9)13/h3-4,14-15H,5H2,1-2H3. The fourth-order valence-electron chi connectivity index (χ4n) is 1.23. The quantitative estimate of drug-likeness (QED) is 0.871. The maximum absolute atomic E-state index is 13.3. The van der Waals surface area contributed by atoms with Gasteiger partial charge in [0.15, 0.2) is 4.90 Å². The number of sulfonamides is 1. The Morgan fingerprint density at radius 2 is 1.67 bits per heavy atom. The topological polar surface area (TPSA) is 66.4 Å². The molecule has 1 aromatic rings. The number of halogens is 3. The van der Waals surface area contributed by atoms with E-state index in [9.17, 15) is 21.6 Å². The molecule has 0 aliphatic heterocycles. The maximum atomic E-state index is 13.3. The lowest BCUT2D eigenvalue weighted by atomic mass is 10.1. The highest BCUT2D eigenvalue weighted by molar-refractivity contribution is 7.89. The summed E-state index contributed by atoms with van der Waals surface area (Å²) in [5.41, 5.74) is -1.30. The molecule has 0 saturated carbocycles. The molecule has 0 amide bonds. The molecule has 1 rings (SSSR count). The first-order valence-electron chi connectivity index (χ1n) is 4.88. The van der Waals surface area contributed by atoms with Crippen LogP contribution in [0.15, 0.2) is 17.0 Å². The monoisotopic (exact) mass is 283 g/mol. The lowest BCUT2D eigenvalue weighted by Gasteiger charge is -2.23. The second-order valence-electron chi connectivity index (χ2n) is 4.35. The van der Waals surface area contributed by atoms with Crippen molar-refractivity contribution in [2.24, 2.45) is 0 Å². The summed E-state index contributed by atoms with van der Waals surface area (Å²) < 4.78 is 64.7. The minimum atomic E-state index is -4.53. The lowest BCUT2D eigenvalue weighted by Crippen LogP contribution is -2.46. The van der Waals surface area contributed by atoms with Crippen LogP contribution in [-0.2, 0) is 10.0 Å². The second kappa shape index (κ2) is 4.87. The zero-order valence-electron chi connectivity index (χ0n) is 9.67. The highest BCUT2D eigenvalue weighted by Crippen LogP contribution is 2.21. The highest BCUT2D eigenvalue weighted by atomic mass is 32.2. The van der Waals surface area contributed by atoms with Crippen LogP contribution in [-0.4, -0.2) is 25.7 Å². The Labute approximate surface area is 102 Å². The summed E-state index contributed by atoms with van der Waals surface area (Å²) >= 11 is 0. The maximum Gasteiger partial charge on any atom is 0.246 e. The Kier molecular flexibility index (Phi) is 4.04. The van der Waals surface area contributed by atoms with Crippen LogP contribution in [0.4, 0.5) is 13.2 Å². The summed E-state index contributed by atoms with van der Waals surface area (Å²) in [4.78, 5) is -1.27. The first kappa shape index (κ1) is 14.9. The Bertz CT molecular complexity index is 534. The summed E-state index contributed by atoms with van der Waals surface area (Å²) in [5, 5.41) is 8.91. The normalized spacial score (nSPS) is 12.8. The molecule has 0 heterocycles. The van der Waals surface area contributed by atoms with E-state index in [1.807, 2.05) is 4.72 Å². The molecule has 2 N–H and O–H groups in total. The molecule has 0 aliphatic carbocycles. The fourth-order valence-corrected chi connectivity index (χ4v) is 2.76. The van der Waals surface area contributed by atoms with Crippen LogP contribution >= 0.6 is 0 Å². The number of nitrogens with one attached hydrogen (secondary N) is 1. The Morgan fingerprint density at radius 1 is 1.22 bits per heavy atom. The molecule has 0 radical (unpaired) electrons. The van der Waals surface area contributed by atoms with Crippen LogP contribution < -0.4 is 4.72 Å². The van der Waals surface area contributed by atoms with Gasteiger partial charge in [0, 0.05) is 12.1 Å². The molecule has 18 heavy (non-hydrogen) atoms. The Balaban J connectivity index is 3.30. The van der Waals surface area contributed by atoms with Crippen LogP contribution in [0.5, 0.6) is 0 Å². The van der Waals surface area contributed by atoms with Crippen LogP contribution in [0.1, 0.15) is 13.8 Å². The van der Waals surface area contributed by atoms with E-state index in [2.05, 4.69) is 0 Å². The first-order chi connectivity index (χ1) is 8.09. The number of benzene rings is 1. The van der Waals surface area contributed by atoms with Gasteiger partial charge in [-0.1, -0.05) is 0 Å². The number of rotatable bonds is 4. The van der Waals surface area contributed by atoms with Gasteiger partial charge in [0.1, 0.15) is 17.5 Å². The minimum absolute atomic E-state index is 0.267. The summed E-state index contributed by atoms with van der Waals surface area (Å²) in [6, 6.07) is 0.535. The molecule has 0 fully saturated rings. The number of hydrogen-bond donors (Lipinski definition) is 2. The Hall–Kier alpha value is -1.12. The van der Waals surface area contributed by atoms with Gasteiger partial charge in [-0.25, -0.2) is 26.3 Å². The fraction of sp³-hybridized carbons (Fsp3) is 0.400. The highest BCUT2D eigenvalue weighted by Gasteiger charge is 2.30. The van der Waals surface area contributed by atoms with E-state index in [-0.39, 0.29) is 12.1 Å². The van der Waals surface area contributed by atoms with E-state index in [1.165, 1.54) is 13.8 Å².